The molecule has 1 unspecified atom stereocenters. The first-order valence-electron chi connectivity index (χ1n) is 8.34. The highest BCUT2D eigenvalue weighted by molar-refractivity contribution is 6.42. The summed E-state index contributed by atoms with van der Waals surface area (Å²) in [7, 11) is 0. The molecule has 144 valence electrons. The molecule has 2 amide bonds. The van der Waals surface area contributed by atoms with Crippen molar-refractivity contribution in [1.29, 1.82) is 0 Å². The van der Waals surface area contributed by atoms with Crippen molar-refractivity contribution in [3.63, 3.8) is 0 Å². The molecular formula is C18H18Cl3N3O3. The zero-order chi connectivity index (χ0) is 19.2. The molecule has 2 heterocycles. The van der Waals surface area contributed by atoms with Crippen LogP contribution >= 0.6 is 34.8 Å². The molecule has 9 heteroatoms. The second kappa shape index (κ2) is 9.46. The Morgan fingerprint density at radius 1 is 1.30 bits per heavy atom. The van der Waals surface area contributed by atoms with Crippen LogP contribution in [0.4, 0.5) is 4.79 Å². The van der Waals surface area contributed by atoms with Crippen LogP contribution in [-0.4, -0.2) is 48.3 Å². The molecule has 1 atom stereocenters. The molecule has 2 aromatic rings. The average Bonchev–Trinajstić information content (AvgIpc) is 2.68. The van der Waals surface area contributed by atoms with Crippen LogP contribution < -0.4 is 10.1 Å². The van der Waals surface area contributed by atoms with Gasteiger partial charge in [0.15, 0.2) is 10.9 Å². The van der Waals surface area contributed by atoms with Crippen molar-refractivity contribution in [3.05, 3.63) is 57.3 Å². The molecule has 0 bridgehead atoms. The van der Waals surface area contributed by atoms with E-state index >= 15 is 0 Å². The van der Waals surface area contributed by atoms with Crippen LogP contribution in [0.5, 0.6) is 5.75 Å². The van der Waals surface area contributed by atoms with Gasteiger partial charge < -0.3 is 19.7 Å². The number of hydrogen-bond donors (Lipinski definition) is 1. The molecule has 1 aromatic carbocycles. The van der Waals surface area contributed by atoms with E-state index in [0.717, 1.165) is 5.56 Å². The fourth-order valence-corrected chi connectivity index (χ4v) is 3.10. The van der Waals surface area contributed by atoms with E-state index in [2.05, 4.69) is 10.3 Å². The SMILES string of the molecule is O=C(NCc1ccc(Cl)c(Cl)c1)N1CCOC(COc2cccnc2Cl)C1. The fourth-order valence-electron chi connectivity index (χ4n) is 2.61. The number of rotatable bonds is 5. The minimum atomic E-state index is -0.245. The van der Waals surface area contributed by atoms with Gasteiger partial charge in [-0.2, -0.15) is 0 Å². The molecule has 6 nitrogen and oxygen atoms in total. The van der Waals surface area contributed by atoms with Crippen LogP contribution in [-0.2, 0) is 11.3 Å². The molecule has 1 aliphatic heterocycles. The molecule has 1 saturated heterocycles. The lowest BCUT2D eigenvalue weighted by molar-refractivity contribution is -0.0352. The highest BCUT2D eigenvalue weighted by Gasteiger charge is 2.25. The molecule has 0 aliphatic carbocycles. The fraction of sp³-hybridized carbons (Fsp3) is 0.333. The maximum atomic E-state index is 12.4. The Labute approximate surface area is 172 Å². The van der Waals surface area contributed by atoms with E-state index in [-0.39, 0.29) is 18.7 Å². The van der Waals surface area contributed by atoms with Crippen molar-refractivity contribution in [2.45, 2.75) is 12.6 Å². The summed E-state index contributed by atoms with van der Waals surface area (Å²) in [5.74, 6) is 0.490. The standard InChI is InChI=1S/C18H18Cl3N3O3/c19-14-4-3-12(8-15(14)20)9-23-18(25)24-6-7-26-13(10-24)11-27-16-2-1-5-22-17(16)21/h1-5,8,13H,6-7,9-11H2,(H,23,25). The van der Waals surface area contributed by atoms with E-state index in [1.165, 1.54) is 0 Å². The summed E-state index contributed by atoms with van der Waals surface area (Å²) in [5.41, 5.74) is 0.872. The molecule has 3 rings (SSSR count). The second-order valence-corrected chi connectivity index (χ2v) is 7.12. The van der Waals surface area contributed by atoms with Crippen LogP contribution in [0.15, 0.2) is 36.5 Å². The number of hydrogen-bond acceptors (Lipinski definition) is 4. The molecule has 0 radical (unpaired) electrons. The number of amides is 2. The van der Waals surface area contributed by atoms with Gasteiger partial charge in [0, 0.05) is 19.3 Å². The smallest absolute Gasteiger partial charge is 0.317 e. The summed E-state index contributed by atoms with van der Waals surface area (Å²) in [6, 6.07) is 8.57. The summed E-state index contributed by atoms with van der Waals surface area (Å²) in [4.78, 5) is 18.1. The van der Waals surface area contributed by atoms with Gasteiger partial charge in [-0.15, -0.1) is 0 Å². The largest absolute Gasteiger partial charge is 0.488 e. The normalized spacial score (nSPS) is 16.9. The average molecular weight is 431 g/mol. The van der Waals surface area contributed by atoms with Crippen LogP contribution in [0.3, 0.4) is 0 Å². The van der Waals surface area contributed by atoms with E-state index in [1.807, 2.05) is 6.07 Å². The number of nitrogens with one attached hydrogen (secondary N) is 1. The first kappa shape index (κ1) is 20.0. The molecular weight excluding hydrogens is 413 g/mol. The molecule has 0 saturated carbocycles. The number of nitrogens with zero attached hydrogens (tertiary/aromatic N) is 2. The highest BCUT2D eigenvalue weighted by atomic mass is 35.5. The lowest BCUT2D eigenvalue weighted by Gasteiger charge is -2.32. The van der Waals surface area contributed by atoms with Gasteiger partial charge in [0.25, 0.3) is 0 Å². The van der Waals surface area contributed by atoms with Gasteiger partial charge >= 0.3 is 6.03 Å². The van der Waals surface area contributed by atoms with Crippen molar-refractivity contribution in [2.75, 3.05) is 26.3 Å². The maximum Gasteiger partial charge on any atom is 0.317 e. The zero-order valence-corrected chi connectivity index (χ0v) is 16.6. The van der Waals surface area contributed by atoms with Gasteiger partial charge in [-0.1, -0.05) is 40.9 Å². The molecule has 1 N–H and O–H groups in total. The van der Waals surface area contributed by atoms with Gasteiger partial charge in [-0.3, -0.25) is 0 Å². The Hall–Kier alpha value is -1.73. The van der Waals surface area contributed by atoms with Crippen LogP contribution in [0.2, 0.25) is 15.2 Å². The number of carbonyl (C=O) groups excluding carboxylic acids is 1. The summed E-state index contributed by atoms with van der Waals surface area (Å²) in [5, 5.41) is 4.11. The first-order valence-corrected chi connectivity index (χ1v) is 9.48. The van der Waals surface area contributed by atoms with Crippen molar-refractivity contribution in [1.82, 2.24) is 15.2 Å². The van der Waals surface area contributed by atoms with Crippen LogP contribution in [0, 0.1) is 0 Å². The lowest BCUT2D eigenvalue weighted by Crippen LogP contribution is -2.50. The third kappa shape index (κ3) is 5.62. The van der Waals surface area contributed by atoms with Crippen molar-refractivity contribution in [2.24, 2.45) is 0 Å². The van der Waals surface area contributed by atoms with Crippen molar-refractivity contribution >= 4 is 40.8 Å². The van der Waals surface area contributed by atoms with Gasteiger partial charge in [-0.05, 0) is 29.8 Å². The van der Waals surface area contributed by atoms with Gasteiger partial charge in [0.1, 0.15) is 12.7 Å². The first-order chi connectivity index (χ1) is 13.0. The predicted molar refractivity (Wildman–Crippen MR) is 105 cm³/mol. The Bertz CT molecular complexity index is 806. The van der Waals surface area contributed by atoms with Gasteiger partial charge in [0.05, 0.1) is 23.2 Å². The van der Waals surface area contributed by atoms with E-state index in [1.54, 1.807) is 35.4 Å². The van der Waals surface area contributed by atoms with E-state index in [0.29, 0.717) is 47.2 Å². The summed E-state index contributed by atoms with van der Waals surface area (Å²) >= 11 is 17.9. The van der Waals surface area contributed by atoms with E-state index in [4.69, 9.17) is 44.3 Å². The zero-order valence-electron chi connectivity index (χ0n) is 14.3. The Morgan fingerprint density at radius 2 is 2.15 bits per heavy atom. The quantitative estimate of drug-likeness (QED) is 0.727. The maximum absolute atomic E-state index is 12.4. The molecule has 1 aliphatic rings. The Balaban J connectivity index is 1.48. The number of benzene rings is 1. The number of morpholine rings is 1. The lowest BCUT2D eigenvalue weighted by atomic mass is 10.2. The summed E-state index contributed by atoms with van der Waals surface area (Å²) < 4.78 is 11.3. The topological polar surface area (TPSA) is 63.7 Å². The number of ether oxygens (including phenoxy) is 2. The number of aromatic nitrogens is 1. The molecule has 1 fully saturated rings. The van der Waals surface area contributed by atoms with Crippen LogP contribution in [0.1, 0.15) is 5.56 Å². The number of pyridine rings is 1. The van der Waals surface area contributed by atoms with E-state index < -0.39 is 0 Å². The Kier molecular flexibility index (Phi) is 7.01. The number of carbonyl (C=O) groups is 1. The Morgan fingerprint density at radius 3 is 2.93 bits per heavy atom. The van der Waals surface area contributed by atoms with Gasteiger partial charge in [-0.25, -0.2) is 9.78 Å². The molecule has 27 heavy (non-hydrogen) atoms. The van der Waals surface area contributed by atoms with Crippen LogP contribution in [0.25, 0.3) is 0 Å². The van der Waals surface area contributed by atoms with Crippen molar-refractivity contribution in [3.8, 4) is 5.75 Å². The monoisotopic (exact) mass is 429 g/mol. The minimum absolute atomic E-state index is 0.172. The summed E-state index contributed by atoms with van der Waals surface area (Å²) in [6.07, 6.45) is 1.34. The molecule has 0 spiro atoms. The summed E-state index contributed by atoms with van der Waals surface area (Å²) in [6.45, 7) is 2.01. The minimum Gasteiger partial charge on any atom is -0.488 e. The predicted octanol–water partition coefficient (Wildman–Crippen LogP) is 4.03. The number of urea groups is 1. The number of halogens is 3. The second-order valence-electron chi connectivity index (χ2n) is 5.95. The third-order valence-electron chi connectivity index (χ3n) is 4.00. The van der Waals surface area contributed by atoms with Gasteiger partial charge in [0.2, 0.25) is 0 Å². The molecule has 1 aromatic heterocycles. The van der Waals surface area contributed by atoms with E-state index in [9.17, 15) is 4.79 Å². The third-order valence-corrected chi connectivity index (χ3v) is 5.03. The highest BCUT2D eigenvalue weighted by Crippen LogP contribution is 2.23. The van der Waals surface area contributed by atoms with Crippen molar-refractivity contribution < 1.29 is 14.3 Å².